The van der Waals surface area contributed by atoms with Crippen LogP contribution in [0.1, 0.15) is 33.6 Å². The van der Waals surface area contributed by atoms with Crippen LogP contribution in [0.4, 0.5) is 0 Å². The smallest absolute Gasteiger partial charge is 0.00226 e. The van der Waals surface area contributed by atoms with Gasteiger partial charge in [-0.2, -0.15) is 0 Å². The van der Waals surface area contributed by atoms with Gasteiger partial charge in [-0.25, -0.2) is 0 Å². The third-order valence-electron chi connectivity index (χ3n) is 2.25. The lowest BCUT2D eigenvalue weighted by molar-refractivity contribution is 0.269. The highest BCUT2D eigenvalue weighted by Gasteiger charge is 2.04. The van der Waals surface area contributed by atoms with E-state index in [0.717, 1.165) is 32.5 Å². The summed E-state index contributed by atoms with van der Waals surface area (Å²) in [5.74, 6) is 0. The molecule has 0 aliphatic rings. The third kappa shape index (κ3) is 8.22. The number of nitrogens with zero attached hydrogens (tertiary/aromatic N) is 1. The van der Waals surface area contributed by atoms with E-state index >= 15 is 0 Å². The molecule has 0 aliphatic carbocycles. The van der Waals surface area contributed by atoms with Gasteiger partial charge in [0.05, 0.1) is 0 Å². The van der Waals surface area contributed by atoms with Gasteiger partial charge < -0.3 is 16.4 Å². The van der Waals surface area contributed by atoms with Crippen molar-refractivity contribution < 1.29 is 0 Å². The topological polar surface area (TPSA) is 55.3 Å². The molecule has 3 heteroatoms. The van der Waals surface area contributed by atoms with Crippen molar-refractivity contribution >= 4 is 0 Å². The SMILES string of the molecule is CCN(CCC(C)N)CCC(C)N. The highest BCUT2D eigenvalue weighted by atomic mass is 15.1. The van der Waals surface area contributed by atoms with Gasteiger partial charge in [-0.1, -0.05) is 6.92 Å². The molecule has 0 aromatic carbocycles. The van der Waals surface area contributed by atoms with Gasteiger partial charge in [0.25, 0.3) is 0 Å². The van der Waals surface area contributed by atoms with Crippen molar-refractivity contribution in [3.05, 3.63) is 0 Å². The van der Waals surface area contributed by atoms with Crippen LogP contribution in [0.2, 0.25) is 0 Å². The van der Waals surface area contributed by atoms with Crippen LogP contribution in [-0.4, -0.2) is 36.6 Å². The molecule has 13 heavy (non-hydrogen) atoms. The lowest BCUT2D eigenvalue weighted by Gasteiger charge is -2.22. The van der Waals surface area contributed by atoms with Crippen molar-refractivity contribution in [2.24, 2.45) is 11.5 Å². The summed E-state index contributed by atoms with van der Waals surface area (Å²) in [6, 6.07) is 0.619. The Hall–Kier alpha value is -0.120. The summed E-state index contributed by atoms with van der Waals surface area (Å²) in [6.45, 7) is 9.59. The van der Waals surface area contributed by atoms with E-state index in [2.05, 4.69) is 25.7 Å². The Morgan fingerprint density at radius 2 is 1.38 bits per heavy atom. The van der Waals surface area contributed by atoms with E-state index < -0.39 is 0 Å². The van der Waals surface area contributed by atoms with Crippen molar-refractivity contribution in [1.82, 2.24) is 4.90 Å². The zero-order valence-electron chi connectivity index (χ0n) is 9.29. The fourth-order valence-electron chi connectivity index (χ4n) is 1.20. The van der Waals surface area contributed by atoms with Gasteiger partial charge in [0.15, 0.2) is 0 Å². The van der Waals surface area contributed by atoms with Crippen molar-refractivity contribution in [3.63, 3.8) is 0 Å². The highest BCUT2D eigenvalue weighted by Crippen LogP contribution is 1.97. The summed E-state index contributed by atoms with van der Waals surface area (Å²) in [6.07, 6.45) is 2.15. The van der Waals surface area contributed by atoms with Crippen LogP contribution >= 0.6 is 0 Å². The van der Waals surface area contributed by atoms with Gasteiger partial charge in [-0.15, -0.1) is 0 Å². The quantitative estimate of drug-likeness (QED) is 0.619. The third-order valence-corrected chi connectivity index (χ3v) is 2.25. The van der Waals surface area contributed by atoms with Crippen molar-refractivity contribution in [2.75, 3.05) is 19.6 Å². The molecular formula is C10H25N3. The Morgan fingerprint density at radius 1 is 1.00 bits per heavy atom. The van der Waals surface area contributed by atoms with E-state index in [9.17, 15) is 0 Å². The number of rotatable bonds is 7. The van der Waals surface area contributed by atoms with E-state index in [1.807, 2.05) is 0 Å². The molecule has 80 valence electrons. The minimum Gasteiger partial charge on any atom is -0.328 e. The molecular weight excluding hydrogens is 162 g/mol. The second-order valence-corrected chi connectivity index (χ2v) is 3.97. The lowest BCUT2D eigenvalue weighted by atomic mass is 10.2. The number of hydrogen-bond donors (Lipinski definition) is 2. The van der Waals surface area contributed by atoms with Crippen LogP contribution in [0.25, 0.3) is 0 Å². The Bertz CT molecular complexity index is 101. The zero-order chi connectivity index (χ0) is 10.3. The first-order chi connectivity index (χ1) is 6.06. The fourth-order valence-corrected chi connectivity index (χ4v) is 1.20. The second kappa shape index (κ2) is 7.30. The molecule has 2 unspecified atom stereocenters. The maximum Gasteiger partial charge on any atom is 0.00226 e. The van der Waals surface area contributed by atoms with Crippen LogP contribution in [-0.2, 0) is 0 Å². The molecule has 0 saturated carbocycles. The first kappa shape index (κ1) is 12.9. The fraction of sp³-hybridized carbons (Fsp3) is 1.00. The first-order valence-corrected chi connectivity index (χ1v) is 5.29. The molecule has 0 aliphatic heterocycles. The molecule has 0 aromatic rings. The molecule has 0 heterocycles. The molecule has 0 spiro atoms. The average Bonchev–Trinajstić information content (AvgIpc) is 2.04. The van der Waals surface area contributed by atoms with Crippen LogP contribution in [0.3, 0.4) is 0 Å². The standard InChI is InChI=1S/C10H25N3/c1-4-13(7-5-9(2)11)8-6-10(3)12/h9-10H,4-8,11-12H2,1-3H3. The molecule has 0 rings (SSSR count). The lowest BCUT2D eigenvalue weighted by Crippen LogP contribution is -2.32. The molecule has 4 N–H and O–H groups in total. The van der Waals surface area contributed by atoms with Crippen molar-refractivity contribution in [1.29, 1.82) is 0 Å². The van der Waals surface area contributed by atoms with Gasteiger partial charge in [0.1, 0.15) is 0 Å². The van der Waals surface area contributed by atoms with E-state index in [-0.39, 0.29) is 0 Å². The Labute approximate surface area is 82.5 Å². The molecule has 0 fully saturated rings. The van der Waals surface area contributed by atoms with Crippen LogP contribution in [0.5, 0.6) is 0 Å². The van der Waals surface area contributed by atoms with E-state index in [4.69, 9.17) is 11.5 Å². The normalized spacial score (nSPS) is 16.2. The van der Waals surface area contributed by atoms with Gasteiger partial charge >= 0.3 is 0 Å². The summed E-state index contributed by atoms with van der Waals surface area (Å²) < 4.78 is 0. The monoisotopic (exact) mass is 187 g/mol. The molecule has 0 amide bonds. The Kier molecular flexibility index (Phi) is 7.23. The predicted octanol–water partition coefficient (Wildman–Crippen LogP) is 0.783. The largest absolute Gasteiger partial charge is 0.328 e. The van der Waals surface area contributed by atoms with Crippen molar-refractivity contribution in [3.8, 4) is 0 Å². The summed E-state index contributed by atoms with van der Waals surface area (Å²) in [5, 5.41) is 0. The van der Waals surface area contributed by atoms with Gasteiger partial charge in [0.2, 0.25) is 0 Å². The Balaban J connectivity index is 3.51. The second-order valence-electron chi connectivity index (χ2n) is 3.97. The summed E-state index contributed by atoms with van der Waals surface area (Å²) in [7, 11) is 0. The van der Waals surface area contributed by atoms with E-state index in [1.165, 1.54) is 0 Å². The Morgan fingerprint density at radius 3 is 1.62 bits per heavy atom. The molecule has 2 atom stereocenters. The molecule has 0 radical (unpaired) electrons. The van der Waals surface area contributed by atoms with Crippen LogP contribution < -0.4 is 11.5 Å². The van der Waals surface area contributed by atoms with Gasteiger partial charge in [-0.3, -0.25) is 0 Å². The van der Waals surface area contributed by atoms with E-state index in [1.54, 1.807) is 0 Å². The predicted molar refractivity (Wildman–Crippen MR) is 58.6 cm³/mol. The highest BCUT2D eigenvalue weighted by molar-refractivity contribution is 4.63. The van der Waals surface area contributed by atoms with Crippen LogP contribution in [0.15, 0.2) is 0 Å². The van der Waals surface area contributed by atoms with Gasteiger partial charge in [0, 0.05) is 12.1 Å². The zero-order valence-corrected chi connectivity index (χ0v) is 9.29. The van der Waals surface area contributed by atoms with Crippen molar-refractivity contribution in [2.45, 2.75) is 45.7 Å². The maximum absolute atomic E-state index is 5.70. The molecule has 0 saturated heterocycles. The summed E-state index contributed by atoms with van der Waals surface area (Å²) in [5.41, 5.74) is 11.4. The number of nitrogens with two attached hydrogens (primary N) is 2. The summed E-state index contributed by atoms with van der Waals surface area (Å²) in [4.78, 5) is 2.41. The van der Waals surface area contributed by atoms with E-state index in [0.29, 0.717) is 12.1 Å². The van der Waals surface area contributed by atoms with Gasteiger partial charge in [-0.05, 0) is 46.3 Å². The van der Waals surface area contributed by atoms with Crippen LogP contribution in [0, 0.1) is 0 Å². The minimum absolute atomic E-state index is 0.310. The minimum atomic E-state index is 0.310. The molecule has 0 aromatic heterocycles. The first-order valence-electron chi connectivity index (χ1n) is 5.29. The average molecular weight is 187 g/mol. The maximum atomic E-state index is 5.70. The number of hydrogen-bond acceptors (Lipinski definition) is 3. The molecule has 3 nitrogen and oxygen atoms in total. The molecule has 0 bridgehead atoms. The summed E-state index contributed by atoms with van der Waals surface area (Å²) >= 11 is 0.